The first-order valence-corrected chi connectivity index (χ1v) is 5.15. The van der Waals surface area contributed by atoms with Gasteiger partial charge in [-0.2, -0.15) is 0 Å². The molecular weight excluding hydrogens is 279 g/mol. The highest BCUT2D eigenvalue weighted by Crippen LogP contribution is 2.24. The summed E-state index contributed by atoms with van der Waals surface area (Å²) < 4.78 is 6.44. The number of ether oxygens (including phenoxy) is 1. The summed E-state index contributed by atoms with van der Waals surface area (Å²) in [6.45, 7) is 4.44. The van der Waals surface area contributed by atoms with E-state index < -0.39 is 0 Å². The van der Waals surface area contributed by atoms with Gasteiger partial charge in [0.2, 0.25) is 0 Å². The van der Waals surface area contributed by atoms with Gasteiger partial charge in [0.15, 0.2) is 6.29 Å². The number of aldehydes is 1. The van der Waals surface area contributed by atoms with E-state index >= 15 is 0 Å². The Labute approximate surface area is 91.4 Å². The molecule has 0 saturated carbocycles. The summed E-state index contributed by atoms with van der Waals surface area (Å²) in [5.74, 6) is 0.706. The Morgan fingerprint density at radius 3 is 2.77 bits per heavy atom. The van der Waals surface area contributed by atoms with E-state index in [0.29, 0.717) is 17.9 Å². The van der Waals surface area contributed by atoms with Crippen molar-refractivity contribution in [2.45, 2.75) is 13.8 Å². The molecule has 1 aromatic rings. The molecule has 0 aromatic heterocycles. The van der Waals surface area contributed by atoms with Crippen LogP contribution in [0.5, 0.6) is 5.75 Å². The van der Waals surface area contributed by atoms with Crippen molar-refractivity contribution < 1.29 is 9.53 Å². The van der Waals surface area contributed by atoms with Gasteiger partial charge in [0.1, 0.15) is 5.75 Å². The number of hydrogen-bond acceptors (Lipinski definition) is 2. The predicted molar refractivity (Wildman–Crippen MR) is 60.5 cm³/mol. The van der Waals surface area contributed by atoms with Gasteiger partial charge in [0.25, 0.3) is 0 Å². The monoisotopic (exact) mass is 290 g/mol. The number of aryl methyl sites for hydroxylation is 1. The maximum Gasteiger partial charge on any atom is 0.153 e. The zero-order valence-corrected chi connectivity index (χ0v) is 9.79. The van der Waals surface area contributed by atoms with Gasteiger partial charge in [0.05, 0.1) is 12.2 Å². The zero-order chi connectivity index (χ0) is 9.84. The highest BCUT2D eigenvalue weighted by molar-refractivity contribution is 14.1. The number of carbonyl (C=O) groups excluding carboxylic acids is 1. The number of hydrogen-bond donors (Lipinski definition) is 0. The molecule has 13 heavy (non-hydrogen) atoms. The van der Waals surface area contributed by atoms with Crippen molar-refractivity contribution in [1.29, 1.82) is 0 Å². The Morgan fingerprint density at radius 1 is 1.54 bits per heavy atom. The van der Waals surface area contributed by atoms with Crippen molar-refractivity contribution in [3.63, 3.8) is 0 Å². The third kappa shape index (κ3) is 2.43. The first-order chi connectivity index (χ1) is 6.19. The first-order valence-electron chi connectivity index (χ1n) is 4.07. The van der Waals surface area contributed by atoms with Crippen LogP contribution in [-0.4, -0.2) is 12.9 Å². The molecule has 0 amide bonds. The molecule has 0 saturated heterocycles. The van der Waals surface area contributed by atoms with E-state index in [1.165, 1.54) is 0 Å². The molecule has 0 aliphatic heterocycles. The Bertz CT molecular complexity index is 321. The molecular formula is C10H11IO2. The van der Waals surface area contributed by atoms with Crippen LogP contribution in [0.3, 0.4) is 0 Å². The van der Waals surface area contributed by atoms with Crippen LogP contribution in [-0.2, 0) is 0 Å². The van der Waals surface area contributed by atoms with Crippen LogP contribution in [0, 0.1) is 10.5 Å². The summed E-state index contributed by atoms with van der Waals surface area (Å²) in [5, 5.41) is 0. The minimum Gasteiger partial charge on any atom is -0.493 e. The van der Waals surface area contributed by atoms with Gasteiger partial charge >= 0.3 is 0 Å². The maximum absolute atomic E-state index is 10.7. The average Bonchev–Trinajstić information content (AvgIpc) is 2.09. The molecule has 1 aromatic carbocycles. The molecule has 0 spiro atoms. The molecule has 0 heterocycles. The number of benzene rings is 1. The largest absolute Gasteiger partial charge is 0.493 e. The lowest BCUT2D eigenvalue weighted by Crippen LogP contribution is -1.99. The Kier molecular flexibility index (Phi) is 3.71. The smallest absolute Gasteiger partial charge is 0.153 e. The molecule has 0 N–H and O–H groups in total. The van der Waals surface area contributed by atoms with Crippen molar-refractivity contribution >= 4 is 28.9 Å². The lowest BCUT2D eigenvalue weighted by Gasteiger charge is -2.09. The fraction of sp³-hybridized carbons (Fsp3) is 0.300. The van der Waals surface area contributed by atoms with Crippen LogP contribution in [0.2, 0.25) is 0 Å². The second-order valence-corrected chi connectivity index (χ2v) is 3.94. The highest BCUT2D eigenvalue weighted by atomic mass is 127. The van der Waals surface area contributed by atoms with Gasteiger partial charge in [0, 0.05) is 3.57 Å². The second kappa shape index (κ2) is 4.60. The minimum absolute atomic E-state index is 0.586. The standard InChI is InChI=1S/C10H11IO2/c1-3-13-10-7(2)4-9(11)5-8(10)6-12/h4-6H,3H2,1-2H3. The van der Waals surface area contributed by atoms with Crippen molar-refractivity contribution in [3.8, 4) is 5.75 Å². The van der Waals surface area contributed by atoms with E-state index in [0.717, 1.165) is 15.4 Å². The van der Waals surface area contributed by atoms with Crippen molar-refractivity contribution in [2.24, 2.45) is 0 Å². The van der Waals surface area contributed by atoms with Gasteiger partial charge < -0.3 is 4.74 Å². The molecule has 2 nitrogen and oxygen atoms in total. The molecule has 0 bridgehead atoms. The second-order valence-electron chi connectivity index (χ2n) is 2.69. The van der Waals surface area contributed by atoms with Crippen LogP contribution in [0.4, 0.5) is 0 Å². The van der Waals surface area contributed by atoms with Crippen LogP contribution in [0.1, 0.15) is 22.8 Å². The van der Waals surface area contributed by atoms with Gasteiger partial charge in [-0.25, -0.2) is 0 Å². The van der Waals surface area contributed by atoms with Crippen LogP contribution >= 0.6 is 22.6 Å². The van der Waals surface area contributed by atoms with Gasteiger partial charge in [-0.3, -0.25) is 4.79 Å². The molecule has 0 fully saturated rings. The fourth-order valence-electron chi connectivity index (χ4n) is 1.18. The molecule has 0 aliphatic carbocycles. The fourth-order valence-corrected chi connectivity index (χ4v) is 1.99. The van der Waals surface area contributed by atoms with Gasteiger partial charge in [-0.1, -0.05) is 0 Å². The Morgan fingerprint density at radius 2 is 2.23 bits per heavy atom. The van der Waals surface area contributed by atoms with E-state index in [9.17, 15) is 4.79 Å². The summed E-state index contributed by atoms with van der Waals surface area (Å²) in [6.07, 6.45) is 0.833. The quantitative estimate of drug-likeness (QED) is 0.632. The summed E-state index contributed by atoms with van der Waals surface area (Å²) in [5.41, 5.74) is 1.64. The number of rotatable bonds is 3. The van der Waals surface area contributed by atoms with Crippen molar-refractivity contribution in [3.05, 3.63) is 26.8 Å². The first kappa shape index (κ1) is 10.5. The maximum atomic E-state index is 10.7. The summed E-state index contributed by atoms with van der Waals surface area (Å²) >= 11 is 2.19. The number of halogens is 1. The van der Waals surface area contributed by atoms with Crippen LogP contribution in [0.15, 0.2) is 12.1 Å². The molecule has 0 radical (unpaired) electrons. The third-order valence-corrected chi connectivity index (χ3v) is 2.31. The summed E-state index contributed by atoms with van der Waals surface area (Å²) in [4.78, 5) is 10.7. The molecule has 0 aliphatic rings. The topological polar surface area (TPSA) is 26.3 Å². The van der Waals surface area contributed by atoms with E-state index in [1.807, 2.05) is 26.0 Å². The lowest BCUT2D eigenvalue weighted by atomic mass is 10.1. The zero-order valence-electron chi connectivity index (χ0n) is 7.63. The lowest BCUT2D eigenvalue weighted by molar-refractivity contribution is 0.111. The molecule has 1 rings (SSSR count). The van der Waals surface area contributed by atoms with Crippen LogP contribution in [0.25, 0.3) is 0 Å². The van der Waals surface area contributed by atoms with E-state index in [2.05, 4.69) is 22.6 Å². The van der Waals surface area contributed by atoms with Gasteiger partial charge in [-0.05, 0) is 54.1 Å². The molecule has 0 unspecified atom stereocenters. The Hall–Kier alpha value is -0.580. The van der Waals surface area contributed by atoms with Crippen molar-refractivity contribution in [2.75, 3.05) is 6.61 Å². The summed E-state index contributed by atoms with van der Waals surface area (Å²) in [7, 11) is 0. The molecule has 3 heteroatoms. The molecule has 0 atom stereocenters. The van der Waals surface area contributed by atoms with Gasteiger partial charge in [-0.15, -0.1) is 0 Å². The number of carbonyl (C=O) groups is 1. The third-order valence-electron chi connectivity index (χ3n) is 1.68. The molecule has 70 valence electrons. The van der Waals surface area contributed by atoms with Crippen LogP contribution < -0.4 is 4.74 Å². The van der Waals surface area contributed by atoms with E-state index in [-0.39, 0.29) is 0 Å². The van der Waals surface area contributed by atoms with Crippen molar-refractivity contribution in [1.82, 2.24) is 0 Å². The normalized spacial score (nSPS) is 9.77. The predicted octanol–water partition coefficient (Wildman–Crippen LogP) is 2.81. The SMILES string of the molecule is CCOc1c(C)cc(I)cc1C=O. The average molecular weight is 290 g/mol. The highest BCUT2D eigenvalue weighted by Gasteiger charge is 2.07. The Balaban J connectivity index is 3.21. The summed E-state index contributed by atoms with van der Waals surface area (Å²) in [6, 6.07) is 3.82. The van der Waals surface area contributed by atoms with E-state index in [1.54, 1.807) is 0 Å². The van der Waals surface area contributed by atoms with E-state index in [4.69, 9.17) is 4.74 Å². The minimum atomic E-state index is 0.586.